The maximum atomic E-state index is 5.50. The summed E-state index contributed by atoms with van der Waals surface area (Å²) in [5, 5.41) is 3.47. The molecule has 1 aromatic heterocycles. The van der Waals surface area contributed by atoms with Gasteiger partial charge in [-0.1, -0.05) is 0 Å². The molecule has 0 radical (unpaired) electrons. The second-order valence-corrected chi connectivity index (χ2v) is 6.42. The van der Waals surface area contributed by atoms with Crippen molar-refractivity contribution in [3.8, 4) is 11.5 Å². The fourth-order valence-electron chi connectivity index (χ4n) is 3.26. The summed E-state index contributed by atoms with van der Waals surface area (Å²) in [7, 11) is 3.40. The summed E-state index contributed by atoms with van der Waals surface area (Å²) in [4.78, 5) is 11.2. The molecule has 2 heterocycles. The molecule has 1 N–H and O–H groups in total. The molecule has 134 valence electrons. The third-order valence-electron chi connectivity index (χ3n) is 4.52. The van der Waals surface area contributed by atoms with Crippen LogP contribution in [0.1, 0.15) is 24.1 Å². The highest BCUT2D eigenvalue weighted by molar-refractivity contribution is 5.40. The van der Waals surface area contributed by atoms with Gasteiger partial charge in [0.15, 0.2) is 0 Å². The van der Waals surface area contributed by atoms with Gasteiger partial charge in [0.05, 0.1) is 14.2 Å². The number of piperidine rings is 1. The van der Waals surface area contributed by atoms with Crippen LogP contribution < -0.4 is 14.8 Å². The van der Waals surface area contributed by atoms with Gasteiger partial charge in [0.2, 0.25) is 5.95 Å². The Morgan fingerprint density at radius 2 is 2.12 bits per heavy atom. The van der Waals surface area contributed by atoms with Gasteiger partial charge in [0.1, 0.15) is 11.5 Å². The molecule has 0 bridgehead atoms. The Bertz CT molecular complexity index is 708. The lowest BCUT2D eigenvalue weighted by Gasteiger charge is -2.33. The second-order valence-electron chi connectivity index (χ2n) is 6.42. The molecule has 1 aliphatic heterocycles. The molecule has 0 amide bonds. The van der Waals surface area contributed by atoms with Crippen LogP contribution in [0, 0.1) is 6.92 Å². The lowest BCUT2D eigenvalue weighted by molar-refractivity contribution is 0.205. The van der Waals surface area contributed by atoms with Crippen LogP contribution in [0.25, 0.3) is 0 Å². The van der Waals surface area contributed by atoms with Crippen LogP contribution in [-0.4, -0.2) is 48.2 Å². The standard InChI is InChI=1S/C19H26N4O2/c1-14-8-9-20-19(21-14)22-16-5-4-10-23(13-16)12-15-11-17(24-2)6-7-18(15)25-3/h6-9,11,16H,4-5,10,12-13H2,1-3H3,(H,20,21,22). The van der Waals surface area contributed by atoms with Crippen LogP contribution in [0.5, 0.6) is 11.5 Å². The Morgan fingerprint density at radius 3 is 2.88 bits per heavy atom. The lowest BCUT2D eigenvalue weighted by atomic mass is 10.0. The van der Waals surface area contributed by atoms with E-state index in [4.69, 9.17) is 9.47 Å². The first-order chi connectivity index (χ1) is 12.2. The molecule has 1 aromatic carbocycles. The highest BCUT2D eigenvalue weighted by Crippen LogP contribution is 2.26. The van der Waals surface area contributed by atoms with Crippen molar-refractivity contribution in [1.29, 1.82) is 0 Å². The molecule has 3 rings (SSSR count). The van der Waals surface area contributed by atoms with E-state index < -0.39 is 0 Å². The Hall–Kier alpha value is -2.34. The van der Waals surface area contributed by atoms with E-state index in [1.807, 2.05) is 25.1 Å². The number of hydrogen-bond acceptors (Lipinski definition) is 6. The van der Waals surface area contributed by atoms with Crippen LogP contribution in [0.4, 0.5) is 5.95 Å². The number of rotatable bonds is 6. The smallest absolute Gasteiger partial charge is 0.223 e. The van der Waals surface area contributed by atoms with Crippen LogP contribution in [0.2, 0.25) is 0 Å². The Kier molecular flexibility index (Phi) is 5.71. The van der Waals surface area contributed by atoms with Crippen molar-refractivity contribution in [2.75, 3.05) is 32.6 Å². The second kappa shape index (κ2) is 8.16. The molecule has 6 nitrogen and oxygen atoms in total. The molecule has 0 aliphatic carbocycles. The van der Waals surface area contributed by atoms with Gasteiger partial charge in [0.25, 0.3) is 0 Å². The molecular formula is C19H26N4O2. The van der Waals surface area contributed by atoms with Crippen LogP contribution in [-0.2, 0) is 6.54 Å². The first-order valence-electron chi connectivity index (χ1n) is 8.67. The zero-order chi connectivity index (χ0) is 17.6. The van der Waals surface area contributed by atoms with E-state index in [0.29, 0.717) is 12.0 Å². The van der Waals surface area contributed by atoms with Gasteiger partial charge < -0.3 is 14.8 Å². The lowest BCUT2D eigenvalue weighted by Crippen LogP contribution is -2.42. The molecule has 1 fully saturated rings. The van der Waals surface area contributed by atoms with Crippen molar-refractivity contribution in [3.63, 3.8) is 0 Å². The number of anilines is 1. The first-order valence-corrected chi connectivity index (χ1v) is 8.67. The predicted molar refractivity (Wildman–Crippen MR) is 98.2 cm³/mol. The van der Waals surface area contributed by atoms with Crippen molar-refractivity contribution in [3.05, 3.63) is 41.7 Å². The molecule has 25 heavy (non-hydrogen) atoms. The van der Waals surface area contributed by atoms with Gasteiger partial charge in [-0.3, -0.25) is 4.90 Å². The average Bonchev–Trinajstić information content (AvgIpc) is 2.62. The number of methoxy groups -OCH3 is 2. The predicted octanol–water partition coefficient (Wildman–Crippen LogP) is 2.88. The topological polar surface area (TPSA) is 59.5 Å². The quantitative estimate of drug-likeness (QED) is 0.871. The number of nitrogens with one attached hydrogen (secondary N) is 1. The van der Waals surface area contributed by atoms with E-state index in [1.165, 1.54) is 0 Å². The molecule has 1 unspecified atom stereocenters. The molecule has 1 aliphatic rings. The normalized spacial score (nSPS) is 18.0. The number of nitrogens with zero attached hydrogens (tertiary/aromatic N) is 3. The summed E-state index contributed by atoms with van der Waals surface area (Å²) in [6.07, 6.45) is 4.07. The van der Waals surface area contributed by atoms with E-state index in [0.717, 1.165) is 55.2 Å². The monoisotopic (exact) mass is 342 g/mol. The van der Waals surface area contributed by atoms with Gasteiger partial charge >= 0.3 is 0 Å². The minimum Gasteiger partial charge on any atom is -0.497 e. The Balaban J connectivity index is 1.65. The minimum atomic E-state index is 0.354. The van der Waals surface area contributed by atoms with E-state index in [9.17, 15) is 0 Å². The van der Waals surface area contributed by atoms with Crippen molar-refractivity contribution >= 4 is 5.95 Å². The van der Waals surface area contributed by atoms with Gasteiger partial charge in [-0.2, -0.15) is 0 Å². The average molecular weight is 342 g/mol. The van der Waals surface area contributed by atoms with Crippen molar-refractivity contribution in [2.24, 2.45) is 0 Å². The maximum absolute atomic E-state index is 5.50. The third kappa shape index (κ3) is 4.60. The number of likely N-dealkylation sites (tertiary alicyclic amines) is 1. The summed E-state index contributed by atoms with van der Waals surface area (Å²) in [5.74, 6) is 2.47. The zero-order valence-electron chi connectivity index (χ0n) is 15.2. The van der Waals surface area contributed by atoms with E-state index in [1.54, 1.807) is 20.4 Å². The summed E-state index contributed by atoms with van der Waals surface area (Å²) in [6.45, 7) is 4.85. The van der Waals surface area contributed by atoms with Gasteiger partial charge in [-0.25, -0.2) is 9.97 Å². The third-order valence-corrected chi connectivity index (χ3v) is 4.52. The van der Waals surface area contributed by atoms with Crippen molar-refractivity contribution in [2.45, 2.75) is 32.4 Å². The van der Waals surface area contributed by atoms with E-state index in [-0.39, 0.29) is 0 Å². The molecule has 0 saturated carbocycles. The van der Waals surface area contributed by atoms with Gasteiger partial charge in [0, 0.05) is 36.6 Å². The summed E-state index contributed by atoms with van der Waals surface area (Å²) < 4.78 is 10.9. The number of benzene rings is 1. The summed E-state index contributed by atoms with van der Waals surface area (Å²) in [6, 6.07) is 8.21. The molecular weight excluding hydrogens is 316 g/mol. The minimum absolute atomic E-state index is 0.354. The van der Waals surface area contributed by atoms with Gasteiger partial charge in [-0.05, 0) is 50.6 Å². The molecule has 0 spiro atoms. The van der Waals surface area contributed by atoms with Crippen molar-refractivity contribution in [1.82, 2.24) is 14.9 Å². The number of hydrogen-bond donors (Lipinski definition) is 1. The maximum Gasteiger partial charge on any atom is 0.223 e. The van der Waals surface area contributed by atoms with Crippen LogP contribution >= 0.6 is 0 Å². The molecule has 6 heteroatoms. The zero-order valence-corrected chi connectivity index (χ0v) is 15.2. The summed E-state index contributed by atoms with van der Waals surface area (Å²) in [5.41, 5.74) is 2.13. The van der Waals surface area contributed by atoms with E-state index in [2.05, 4.69) is 26.3 Å². The van der Waals surface area contributed by atoms with Crippen LogP contribution in [0.3, 0.4) is 0 Å². The molecule has 2 aromatic rings. The number of aryl methyl sites for hydroxylation is 1. The van der Waals surface area contributed by atoms with Gasteiger partial charge in [-0.15, -0.1) is 0 Å². The van der Waals surface area contributed by atoms with Crippen LogP contribution in [0.15, 0.2) is 30.5 Å². The first kappa shape index (κ1) is 17.5. The summed E-state index contributed by atoms with van der Waals surface area (Å²) >= 11 is 0. The van der Waals surface area contributed by atoms with Crippen molar-refractivity contribution < 1.29 is 9.47 Å². The number of aromatic nitrogens is 2. The fraction of sp³-hybridized carbons (Fsp3) is 0.474. The molecule has 1 saturated heterocycles. The Labute approximate surface area is 149 Å². The highest BCUT2D eigenvalue weighted by atomic mass is 16.5. The fourth-order valence-corrected chi connectivity index (χ4v) is 3.26. The largest absolute Gasteiger partial charge is 0.497 e. The highest BCUT2D eigenvalue weighted by Gasteiger charge is 2.21. The van der Waals surface area contributed by atoms with E-state index >= 15 is 0 Å². The molecule has 1 atom stereocenters. The Morgan fingerprint density at radius 1 is 1.24 bits per heavy atom. The number of ether oxygens (including phenoxy) is 2. The SMILES string of the molecule is COc1ccc(OC)c(CN2CCCC(Nc3nccc(C)n3)C2)c1.